The Morgan fingerprint density at radius 1 is 1.08 bits per heavy atom. The van der Waals surface area contributed by atoms with E-state index >= 15 is 0 Å². The van der Waals surface area contributed by atoms with Crippen LogP contribution < -0.4 is 10.5 Å². The van der Waals surface area contributed by atoms with Gasteiger partial charge >= 0.3 is 12.1 Å². The first-order valence-electron chi connectivity index (χ1n) is 11.3. The van der Waals surface area contributed by atoms with Crippen molar-refractivity contribution in [2.75, 3.05) is 6.54 Å². The molecule has 9 nitrogen and oxygen atoms in total. The molecule has 1 aliphatic rings. The van der Waals surface area contributed by atoms with Gasteiger partial charge in [0.05, 0.1) is 4.90 Å². The average Bonchev–Trinajstić information content (AvgIpc) is 2.86. The number of likely N-dealkylation sites (tertiary alicyclic amines) is 1. The molecule has 1 aliphatic heterocycles. The van der Waals surface area contributed by atoms with Gasteiger partial charge in [-0.1, -0.05) is 48.5 Å². The van der Waals surface area contributed by atoms with Crippen LogP contribution in [0, 0.1) is 5.41 Å². The van der Waals surface area contributed by atoms with Crippen molar-refractivity contribution in [3.63, 3.8) is 0 Å². The molecule has 3 aromatic carbocycles. The van der Waals surface area contributed by atoms with Crippen LogP contribution in [0.5, 0.6) is 0 Å². The highest BCUT2D eigenvalue weighted by Gasteiger charge is 2.38. The van der Waals surface area contributed by atoms with Crippen molar-refractivity contribution < 1.29 is 36.3 Å². The van der Waals surface area contributed by atoms with Crippen molar-refractivity contribution in [3.8, 4) is 0 Å². The summed E-state index contributed by atoms with van der Waals surface area (Å²) in [6, 6.07) is 18.8. The molecule has 1 unspecified atom stereocenters. The number of nitrogens with zero attached hydrogens (tertiary/aromatic N) is 1. The fourth-order valence-corrected chi connectivity index (χ4v) is 5.11. The van der Waals surface area contributed by atoms with E-state index in [4.69, 9.17) is 21.0 Å². The van der Waals surface area contributed by atoms with Gasteiger partial charge in [0.15, 0.2) is 0 Å². The highest BCUT2D eigenvalue weighted by Crippen LogP contribution is 2.22. The molecule has 38 heavy (non-hydrogen) atoms. The summed E-state index contributed by atoms with van der Waals surface area (Å²) in [5.41, 5.74) is 6.99. The average molecular weight is 551 g/mol. The fraction of sp³-hybridized carbons (Fsp3) is 0.240. The molecule has 1 atom stereocenters. The van der Waals surface area contributed by atoms with Gasteiger partial charge < -0.3 is 15.7 Å². The van der Waals surface area contributed by atoms with Gasteiger partial charge in [0.1, 0.15) is 11.9 Å². The molecule has 3 aromatic rings. The van der Waals surface area contributed by atoms with Crippen LogP contribution in [-0.2, 0) is 26.2 Å². The Bertz CT molecular complexity index is 1460. The fourth-order valence-electron chi connectivity index (χ4n) is 3.85. The number of amidine groups is 1. The molecule has 0 saturated carbocycles. The first kappa shape index (κ1) is 28.6. The minimum absolute atomic E-state index is 0.0344. The number of aliphatic carboxylic acids is 1. The van der Waals surface area contributed by atoms with Gasteiger partial charge in [-0.15, -0.1) is 0 Å². The SMILES string of the molecule is N=C(N)c1cccc(CN2CCCC(NS(=O)(=O)c3ccc4ccccc4c3)C2=O)c1.O=C(O)C(F)(F)F. The van der Waals surface area contributed by atoms with Gasteiger partial charge in [0.25, 0.3) is 0 Å². The number of carboxylic acids is 1. The number of hydrogen-bond acceptors (Lipinski definition) is 5. The van der Waals surface area contributed by atoms with Crippen molar-refractivity contribution in [2.24, 2.45) is 5.73 Å². The number of benzene rings is 3. The number of nitrogens with two attached hydrogens (primary N) is 1. The molecular weight excluding hydrogens is 525 g/mol. The standard InChI is InChI=1S/C23H24N4O3S.C2HF3O2/c24-22(25)19-8-3-5-16(13-19)15-27-12-4-9-21(23(27)28)26-31(29,30)20-11-10-17-6-1-2-7-18(17)14-20;3-2(4,5)1(6)7/h1-3,5-8,10-11,13-14,21,26H,4,9,12,15H2,(H3,24,25);(H,6,7). The Labute approximate surface area is 216 Å². The minimum atomic E-state index is -5.08. The van der Waals surface area contributed by atoms with Crippen LogP contribution in [0.15, 0.2) is 71.6 Å². The number of carbonyl (C=O) groups excluding carboxylic acids is 1. The second-order valence-electron chi connectivity index (χ2n) is 8.50. The van der Waals surface area contributed by atoms with Crippen LogP contribution in [0.25, 0.3) is 10.8 Å². The molecule has 0 bridgehead atoms. The molecule has 202 valence electrons. The topological polar surface area (TPSA) is 154 Å². The highest BCUT2D eigenvalue weighted by molar-refractivity contribution is 7.89. The second-order valence-corrected chi connectivity index (χ2v) is 10.2. The lowest BCUT2D eigenvalue weighted by atomic mass is 10.0. The van der Waals surface area contributed by atoms with E-state index in [-0.39, 0.29) is 16.6 Å². The number of fused-ring (bicyclic) bond motifs is 1. The van der Waals surface area contributed by atoms with E-state index in [1.165, 1.54) is 0 Å². The van der Waals surface area contributed by atoms with Crippen LogP contribution >= 0.6 is 0 Å². The van der Waals surface area contributed by atoms with Gasteiger partial charge in [-0.3, -0.25) is 10.2 Å². The predicted molar refractivity (Wildman–Crippen MR) is 134 cm³/mol. The zero-order chi connectivity index (χ0) is 28.1. The molecule has 0 aliphatic carbocycles. The minimum Gasteiger partial charge on any atom is -0.475 e. The third kappa shape index (κ3) is 7.29. The molecule has 0 radical (unpaired) electrons. The maximum atomic E-state index is 13.0. The van der Waals surface area contributed by atoms with E-state index in [2.05, 4.69) is 4.72 Å². The number of amides is 1. The zero-order valence-corrected chi connectivity index (χ0v) is 20.7. The summed E-state index contributed by atoms with van der Waals surface area (Å²) in [6.45, 7) is 0.894. The largest absolute Gasteiger partial charge is 0.490 e. The van der Waals surface area contributed by atoms with Crippen LogP contribution in [0.1, 0.15) is 24.0 Å². The number of piperidine rings is 1. The summed E-state index contributed by atoms with van der Waals surface area (Å²) >= 11 is 0. The van der Waals surface area contributed by atoms with Gasteiger partial charge in [-0.05, 0) is 47.4 Å². The number of rotatable bonds is 6. The molecule has 1 heterocycles. The van der Waals surface area contributed by atoms with Gasteiger partial charge in [-0.25, -0.2) is 13.2 Å². The Morgan fingerprint density at radius 2 is 1.74 bits per heavy atom. The molecule has 1 saturated heterocycles. The van der Waals surface area contributed by atoms with E-state index in [0.717, 1.165) is 16.3 Å². The van der Waals surface area contributed by atoms with Gasteiger partial charge in [-0.2, -0.15) is 17.9 Å². The third-order valence-electron chi connectivity index (χ3n) is 5.71. The van der Waals surface area contributed by atoms with Crippen molar-refractivity contribution >= 4 is 38.5 Å². The summed E-state index contributed by atoms with van der Waals surface area (Å²) in [6.07, 6.45) is -3.93. The molecule has 0 aromatic heterocycles. The number of nitrogens with one attached hydrogen (secondary N) is 2. The number of sulfonamides is 1. The summed E-state index contributed by atoms with van der Waals surface area (Å²) in [7, 11) is -3.84. The maximum Gasteiger partial charge on any atom is 0.490 e. The lowest BCUT2D eigenvalue weighted by Crippen LogP contribution is -2.51. The number of carbonyl (C=O) groups is 2. The molecule has 1 fully saturated rings. The highest BCUT2D eigenvalue weighted by atomic mass is 32.2. The first-order chi connectivity index (χ1) is 17.8. The first-order valence-corrected chi connectivity index (χ1v) is 12.8. The zero-order valence-electron chi connectivity index (χ0n) is 19.9. The van der Waals surface area contributed by atoms with Crippen LogP contribution in [0.2, 0.25) is 0 Å². The quantitative estimate of drug-likeness (QED) is 0.273. The van der Waals surface area contributed by atoms with E-state index in [1.807, 2.05) is 30.3 Å². The Morgan fingerprint density at radius 3 is 2.37 bits per heavy atom. The lowest BCUT2D eigenvalue weighted by Gasteiger charge is -2.32. The Balaban J connectivity index is 0.000000505. The monoisotopic (exact) mass is 550 g/mol. The second kappa shape index (κ2) is 11.6. The van der Waals surface area contributed by atoms with Crippen LogP contribution in [0.3, 0.4) is 0 Å². The summed E-state index contributed by atoms with van der Waals surface area (Å²) < 4.78 is 60.2. The van der Waals surface area contributed by atoms with Crippen molar-refractivity contribution in [2.45, 2.75) is 36.5 Å². The van der Waals surface area contributed by atoms with Crippen molar-refractivity contribution in [3.05, 3.63) is 77.9 Å². The summed E-state index contributed by atoms with van der Waals surface area (Å²) in [5.74, 6) is -3.04. The maximum absolute atomic E-state index is 13.0. The number of carboxylic acid groups (broad SMARTS) is 1. The number of hydrogen-bond donors (Lipinski definition) is 4. The van der Waals surface area contributed by atoms with Gasteiger partial charge in [0.2, 0.25) is 15.9 Å². The number of nitrogen functional groups attached to an aromatic ring is 1. The molecule has 4 rings (SSSR count). The summed E-state index contributed by atoms with van der Waals surface area (Å²) in [4.78, 5) is 23.7. The van der Waals surface area contributed by atoms with E-state index in [9.17, 15) is 26.4 Å². The van der Waals surface area contributed by atoms with Crippen LogP contribution in [0.4, 0.5) is 13.2 Å². The Hall–Kier alpha value is -3.97. The Kier molecular flexibility index (Phi) is 8.74. The smallest absolute Gasteiger partial charge is 0.475 e. The van der Waals surface area contributed by atoms with Gasteiger partial charge in [0, 0.05) is 18.7 Å². The van der Waals surface area contributed by atoms with Crippen molar-refractivity contribution in [1.82, 2.24) is 9.62 Å². The molecular formula is C25H25F3N4O5S. The molecule has 5 N–H and O–H groups in total. The molecule has 1 amide bonds. The third-order valence-corrected chi connectivity index (χ3v) is 7.18. The molecule has 13 heteroatoms. The number of alkyl halides is 3. The van der Waals surface area contributed by atoms with Crippen molar-refractivity contribution in [1.29, 1.82) is 5.41 Å². The van der Waals surface area contributed by atoms with E-state index < -0.39 is 28.2 Å². The number of halogens is 3. The lowest BCUT2D eigenvalue weighted by molar-refractivity contribution is -0.192. The van der Waals surface area contributed by atoms with E-state index in [1.54, 1.807) is 41.3 Å². The van der Waals surface area contributed by atoms with Crippen LogP contribution in [-0.4, -0.2) is 54.9 Å². The normalized spacial score (nSPS) is 16.0. The predicted octanol–water partition coefficient (Wildman–Crippen LogP) is 3.23. The summed E-state index contributed by atoms with van der Waals surface area (Å²) in [5, 5.41) is 16.5. The molecule has 0 spiro atoms. The van der Waals surface area contributed by atoms with E-state index in [0.29, 0.717) is 31.5 Å².